The van der Waals surface area contributed by atoms with Crippen molar-refractivity contribution in [2.45, 2.75) is 19.5 Å². The minimum atomic E-state index is -0.393. The first kappa shape index (κ1) is 12.1. The fraction of sp³-hybridized carbons (Fsp3) is 0.231. The van der Waals surface area contributed by atoms with Crippen LogP contribution in [0.4, 0.5) is 4.39 Å². The predicted molar refractivity (Wildman–Crippen MR) is 65.4 cm³/mol. The highest BCUT2D eigenvalue weighted by Crippen LogP contribution is 2.20. The van der Waals surface area contributed by atoms with Gasteiger partial charge >= 0.3 is 0 Å². The molecule has 1 aromatic heterocycles. The highest BCUT2D eigenvalue weighted by Gasteiger charge is 2.08. The predicted octanol–water partition coefficient (Wildman–Crippen LogP) is 3.92. The van der Waals surface area contributed by atoms with Crippen LogP contribution in [0.2, 0.25) is 5.02 Å². The first-order chi connectivity index (χ1) is 8.16. The van der Waals surface area contributed by atoms with Gasteiger partial charge in [0.25, 0.3) is 0 Å². The van der Waals surface area contributed by atoms with Crippen LogP contribution in [0.3, 0.4) is 0 Å². The van der Waals surface area contributed by atoms with Crippen molar-refractivity contribution >= 4 is 11.6 Å². The molecule has 90 valence electrons. The summed E-state index contributed by atoms with van der Waals surface area (Å²) in [6, 6.07) is 8.59. The van der Waals surface area contributed by atoms with Gasteiger partial charge in [-0.15, -0.1) is 0 Å². The van der Waals surface area contributed by atoms with E-state index in [1.165, 1.54) is 6.07 Å². The summed E-state index contributed by atoms with van der Waals surface area (Å²) in [6.07, 6.45) is 1.63. The second-order valence-corrected chi connectivity index (χ2v) is 4.26. The van der Waals surface area contributed by atoms with Crippen LogP contribution in [0.15, 0.2) is 41.0 Å². The van der Waals surface area contributed by atoms with Gasteiger partial charge in [0.1, 0.15) is 11.6 Å². The highest BCUT2D eigenvalue weighted by molar-refractivity contribution is 6.30. The first-order valence-electron chi connectivity index (χ1n) is 5.37. The molecule has 2 rings (SSSR count). The third-order valence-corrected chi connectivity index (χ3v) is 2.91. The van der Waals surface area contributed by atoms with Crippen molar-refractivity contribution in [1.82, 2.24) is 5.32 Å². The summed E-state index contributed by atoms with van der Waals surface area (Å²) in [7, 11) is 0. The molecule has 17 heavy (non-hydrogen) atoms. The van der Waals surface area contributed by atoms with Crippen LogP contribution in [0.5, 0.6) is 0 Å². The number of nitrogens with one attached hydrogen (secondary N) is 1. The average Bonchev–Trinajstić information content (AvgIpc) is 2.82. The van der Waals surface area contributed by atoms with Crippen molar-refractivity contribution in [3.05, 3.63) is 58.8 Å². The van der Waals surface area contributed by atoms with Crippen LogP contribution in [0, 0.1) is 5.82 Å². The number of halogens is 2. The minimum Gasteiger partial charge on any atom is -0.468 e. The largest absolute Gasteiger partial charge is 0.468 e. The number of hydrogen-bond acceptors (Lipinski definition) is 2. The van der Waals surface area contributed by atoms with Gasteiger partial charge in [-0.2, -0.15) is 0 Å². The Bertz CT molecular complexity index is 484. The molecule has 1 atom stereocenters. The summed E-state index contributed by atoms with van der Waals surface area (Å²) >= 11 is 5.63. The van der Waals surface area contributed by atoms with E-state index in [4.69, 9.17) is 16.0 Å². The van der Waals surface area contributed by atoms with Gasteiger partial charge < -0.3 is 9.73 Å². The third kappa shape index (κ3) is 3.08. The van der Waals surface area contributed by atoms with Gasteiger partial charge in [0, 0.05) is 6.04 Å². The lowest BCUT2D eigenvalue weighted by molar-refractivity contribution is 0.460. The normalized spacial score (nSPS) is 12.6. The lowest BCUT2D eigenvalue weighted by Crippen LogP contribution is -2.17. The number of benzene rings is 1. The fourth-order valence-corrected chi connectivity index (χ4v) is 1.68. The maximum absolute atomic E-state index is 13.3. The zero-order valence-corrected chi connectivity index (χ0v) is 10.2. The molecule has 0 saturated carbocycles. The molecule has 0 saturated heterocycles. The van der Waals surface area contributed by atoms with Gasteiger partial charge in [-0.05, 0) is 36.8 Å². The topological polar surface area (TPSA) is 25.2 Å². The molecular weight excluding hydrogens is 241 g/mol. The molecule has 0 bridgehead atoms. The quantitative estimate of drug-likeness (QED) is 0.893. The van der Waals surface area contributed by atoms with Crippen molar-refractivity contribution in [3.63, 3.8) is 0 Å². The molecule has 1 N–H and O–H groups in total. The van der Waals surface area contributed by atoms with E-state index in [9.17, 15) is 4.39 Å². The Morgan fingerprint density at radius 1 is 1.41 bits per heavy atom. The van der Waals surface area contributed by atoms with Crippen LogP contribution in [0.25, 0.3) is 0 Å². The van der Waals surface area contributed by atoms with E-state index in [2.05, 4.69) is 5.32 Å². The van der Waals surface area contributed by atoms with Crippen molar-refractivity contribution in [3.8, 4) is 0 Å². The Morgan fingerprint density at radius 2 is 2.24 bits per heavy atom. The van der Waals surface area contributed by atoms with E-state index in [1.54, 1.807) is 12.3 Å². The maximum Gasteiger partial charge on any atom is 0.142 e. The van der Waals surface area contributed by atoms with Gasteiger partial charge in [-0.25, -0.2) is 4.39 Å². The summed E-state index contributed by atoms with van der Waals surface area (Å²) < 4.78 is 18.5. The van der Waals surface area contributed by atoms with E-state index >= 15 is 0 Å². The molecule has 0 aliphatic heterocycles. The van der Waals surface area contributed by atoms with Crippen molar-refractivity contribution in [1.29, 1.82) is 0 Å². The van der Waals surface area contributed by atoms with E-state index in [-0.39, 0.29) is 11.1 Å². The molecule has 0 aliphatic carbocycles. The van der Waals surface area contributed by atoms with Gasteiger partial charge in [0.2, 0.25) is 0 Å². The Hall–Kier alpha value is -1.32. The minimum absolute atomic E-state index is 0.0341. The van der Waals surface area contributed by atoms with Gasteiger partial charge in [0.15, 0.2) is 0 Å². The second-order valence-electron chi connectivity index (χ2n) is 3.86. The Labute approximate surface area is 104 Å². The molecule has 1 heterocycles. The first-order valence-corrected chi connectivity index (χ1v) is 5.75. The van der Waals surface area contributed by atoms with E-state index in [1.807, 2.05) is 25.1 Å². The second kappa shape index (κ2) is 5.34. The fourth-order valence-electron chi connectivity index (χ4n) is 1.57. The summed E-state index contributed by atoms with van der Waals surface area (Å²) in [5, 5.41) is 3.39. The van der Waals surface area contributed by atoms with Crippen LogP contribution in [0.1, 0.15) is 24.3 Å². The zero-order chi connectivity index (χ0) is 12.3. The van der Waals surface area contributed by atoms with Crippen molar-refractivity contribution < 1.29 is 8.81 Å². The number of furan rings is 1. The van der Waals surface area contributed by atoms with E-state index < -0.39 is 5.82 Å². The van der Waals surface area contributed by atoms with Crippen molar-refractivity contribution in [2.24, 2.45) is 0 Å². The highest BCUT2D eigenvalue weighted by atomic mass is 35.5. The number of rotatable bonds is 4. The Kier molecular flexibility index (Phi) is 3.82. The van der Waals surface area contributed by atoms with Gasteiger partial charge in [-0.1, -0.05) is 17.7 Å². The average molecular weight is 254 g/mol. The monoisotopic (exact) mass is 253 g/mol. The smallest absolute Gasteiger partial charge is 0.142 e. The molecule has 1 unspecified atom stereocenters. The number of hydrogen-bond donors (Lipinski definition) is 1. The lowest BCUT2D eigenvalue weighted by atomic mass is 10.1. The molecule has 1 aromatic carbocycles. The third-order valence-electron chi connectivity index (χ3n) is 2.61. The maximum atomic E-state index is 13.3. The van der Waals surface area contributed by atoms with E-state index in [0.717, 1.165) is 11.3 Å². The Morgan fingerprint density at radius 3 is 2.88 bits per heavy atom. The SMILES string of the molecule is CC(NCc1ccco1)c1ccc(Cl)c(F)c1. The van der Waals surface area contributed by atoms with Crippen LogP contribution in [-0.4, -0.2) is 0 Å². The molecule has 0 amide bonds. The zero-order valence-electron chi connectivity index (χ0n) is 9.41. The lowest BCUT2D eigenvalue weighted by Gasteiger charge is -2.13. The molecule has 2 nitrogen and oxygen atoms in total. The van der Waals surface area contributed by atoms with Crippen LogP contribution < -0.4 is 5.32 Å². The van der Waals surface area contributed by atoms with Crippen molar-refractivity contribution in [2.75, 3.05) is 0 Å². The molecule has 2 aromatic rings. The summed E-state index contributed by atoms with van der Waals surface area (Å²) in [5.74, 6) is 0.460. The summed E-state index contributed by atoms with van der Waals surface area (Å²) in [4.78, 5) is 0. The molecular formula is C13H13ClFNO. The van der Waals surface area contributed by atoms with Crippen LogP contribution >= 0.6 is 11.6 Å². The summed E-state index contributed by atoms with van der Waals surface area (Å²) in [6.45, 7) is 2.57. The molecule has 4 heteroatoms. The Balaban J connectivity index is 1.99. The molecule has 0 radical (unpaired) electrons. The summed E-state index contributed by atoms with van der Waals surface area (Å²) in [5.41, 5.74) is 0.860. The molecule has 0 fully saturated rings. The molecule has 0 aliphatic rings. The molecule has 0 spiro atoms. The van der Waals surface area contributed by atoms with Gasteiger partial charge in [-0.3, -0.25) is 0 Å². The van der Waals surface area contributed by atoms with Crippen LogP contribution in [-0.2, 0) is 6.54 Å². The van der Waals surface area contributed by atoms with Gasteiger partial charge in [0.05, 0.1) is 17.8 Å². The van der Waals surface area contributed by atoms with E-state index in [0.29, 0.717) is 6.54 Å². The standard InChI is InChI=1S/C13H13ClFNO/c1-9(16-8-11-3-2-6-17-11)10-4-5-12(14)13(15)7-10/h2-7,9,16H,8H2,1H3.